The van der Waals surface area contributed by atoms with Crippen molar-refractivity contribution >= 4 is 50.7 Å². The number of benzene rings is 3. The molecule has 3 aromatic rings. The van der Waals surface area contributed by atoms with Crippen molar-refractivity contribution in [3.05, 3.63) is 87.9 Å². The van der Waals surface area contributed by atoms with E-state index >= 15 is 0 Å². The zero-order valence-corrected chi connectivity index (χ0v) is 25.3. The first kappa shape index (κ1) is 31.3. The SMILES string of the molecule is COc1ccc(C)cc1N(CC(=O)N(Cc1ccc(Cl)c(Cl)c1)[C@H](C)C(=O)NC(C)C)S(=O)(=O)c1ccccc1. The first-order valence-corrected chi connectivity index (χ1v) is 14.8. The Balaban J connectivity index is 2.10. The summed E-state index contributed by atoms with van der Waals surface area (Å²) in [5.74, 6) is -0.700. The van der Waals surface area contributed by atoms with Crippen LogP contribution < -0.4 is 14.4 Å². The summed E-state index contributed by atoms with van der Waals surface area (Å²) in [6.07, 6.45) is 0. The molecule has 0 bridgehead atoms. The zero-order valence-electron chi connectivity index (χ0n) is 23.0. The van der Waals surface area contributed by atoms with Gasteiger partial charge in [-0.1, -0.05) is 53.5 Å². The summed E-state index contributed by atoms with van der Waals surface area (Å²) in [4.78, 5) is 28.4. The van der Waals surface area contributed by atoms with Crippen LogP contribution in [0.15, 0.2) is 71.6 Å². The maximum atomic E-state index is 14.0. The second-order valence-electron chi connectivity index (χ2n) is 9.61. The van der Waals surface area contributed by atoms with Gasteiger partial charge in [0.1, 0.15) is 18.3 Å². The van der Waals surface area contributed by atoms with Crippen LogP contribution in [0.5, 0.6) is 5.75 Å². The fraction of sp³-hybridized carbons (Fsp3) is 0.310. The van der Waals surface area contributed by atoms with Gasteiger partial charge in [-0.25, -0.2) is 8.42 Å². The predicted octanol–water partition coefficient (Wildman–Crippen LogP) is 5.45. The van der Waals surface area contributed by atoms with Crippen molar-refractivity contribution in [1.82, 2.24) is 10.2 Å². The number of methoxy groups -OCH3 is 1. The van der Waals surface area contributed by atoms with Crippen LogP contribution in [-0.4, -0.2) is 50.9 Å². The van der Waals surface area contributed by atoms with E-state index in [1.165, 1.54) is 24.1 Å². The quantitative estimate of drug-likeness (QED) is 0.313. The molecule has 0 aliphatic carbocycles. The molecule has 1 N–H and O–H groups in total. The Hall–Kier alpha value is -3.27. The molecule has 2 amide bonds. The molecule has 0 saturated carbocycles. The van der Waals surface area contributed by atoms with Crippen LogP contribution in [0.1, 0.15) is 31.9 Å². The van der Waals surface area contributed by atoms with Crippen LogP contribution in [-0.2, 0) is 26.2 Å². The molecular formula is C29H33Cl2N3O5S. The summed E-state index contributed by atoms with van der Waals surface area (Å²) >= 11 is 12.3. The number of hydrogen-bond acceptors (Lipinski definition) is 5. The van der Waals surface area contributed by atoms with E-state index in [4.69, 9.17) is 27.9 Å². The summed E-state index contributed by atoms with van der Waals surface area (Å²) in [7, 11) is -2.79. The summed E-state index contributed by atoms with van der Waals surface area (Å²) in [6.45, 7) is 6.44. The van der Waals surface area contributed by atoms with Gasteiger partial charge in [-0.05, 0) is 75.2 Å². The third-order valence-corrected chi connectivity index (χ3v) is 8.66. The third-order valence-electron chi connectivity index (χ3n) is 6.15. The highest BCUT2D eigenvalue weighted by atomic mass is 35.5. The molecule has 0 fully saturated rings. The van der Waals surface area contributed by atoms with Gasteiger partial charge in [0.05, 0.1) is 27.7 Å². The average Bonchev–Trinajstić information content (AvgIpc) is 2.91. The van der Waals surface area contributed by atoms with Crippen LogP contribution in [0.3, 0.4) is 0 Å². The van der Waals surface area contributed by atoms with Crippen molar-refractivity contribution in [2.24, 2.45) is 0 Å². The van der Waals surface area contributed by atoms with Crippen LogP contribution in [0, 0.1) is 6.92 Å². The Bertz CT molecular complexity index is 1470. The van der Waals surface area contributed by atoms with E-state index in [1.807, 2.05) is 20.8 Å². The molecule has 40 heavy (non-hydrogen) atoms. The summed E-state index contributed by atoms with van der Waals surface area (Å²) < 4.78 is 34.4. The second kappa shape index (κ2) is 13.4. The normalized spacial score (nSPS) is 12.1. The number of nitrogens with one attached hydrogen (secondary N) is 1. The average molecular weight is 607 g/mol. The highest BCUT2D eigenvalue weighted by Crippen LogP contribution is 2.34. The lowest BCUT2D eigenvalue weighted by molar-refractivity contribution is -0.139. The number of nitrogens with zero attached hydrogens (tertiary/aromatic N) is 2. The Labute approximate surface area is 245 Å². The van der Waals surface area contributed by atoms with Gasteiger partial charge in [0, 0.05) is 12.6 Å². The number of carbonyl (C=O) groups is 2. The van der Waals surface area contributed by atoms with Crippen molar-refractivity contribution < 1.29 is 22.7 Å². The number of rotatable bonds is 11. The minimum absolute atomic E-state index is 0.00736. The largest absolute Gasteiger partial charge is 0.495 e. The maximum absolute atomic E-state index is 14.0. The molecule has 0 aromatic heterocycles. The highest BCUT2D eigenvalue weighted by Gasteiger charge is 2.34. The van der Waals surface area contributed by atoms with Gasteiger partial charge in [0.25, 0.3) is 10.0 Å². The van der Waals surface area contributed by atoms with Crippen molar-refractivity contribution in [3.8, 4) is 5.75 Å². The first-order chi connectivity index (χ1) is 18.8. The zero-order chi connectivity index (χ0) is 29.6. The molecule has 0 unspecified atom stereocenters. The molecule has 214 valence electrons. The number of sulfonamides is 1. The molecule has 0 heterocycles. The lowest BCUT2D eigenvalue weighted by Gasteiger charge is -2.32. The molecule has 8 nitrogen and oxygen atoms in total. The molecule has 3 aromatic carbocycles. The molecule has 1 atom stereocenters. The Morgan fingerprint density at radius 2 is 1.62 bits per heavy atom. The fourth-order valence-corrected chi connectivity index (χ4v) is 5.81. The number of ether oxygens (including phenoxy) is 1. The number of halogens is 2. The number of anilines is 1. The number of amides is 2. The minimum Gasteiger partial charge on any atom is -0.495 e. The van der Waals surface area contributed by atoms with Crippen molar-refractivity contribution in [2.45, 2.75) is 51.2 Å². The van der Waals surface area contributed by atoms with E-state index in [9.17, 15) is 18.0 Å². The van der Waals surface area contributed by atoms with Gasteiger partial charge in [-0.3, -0.25) is 13.9 Å². The standard InChI is InChI=1S/C29H33Cl2N3O5S/c1-19(2)32-29(36)21(4)33(17-22-12-13-24(30)25(31)16-22)28(35)18-34(26-15-20(3)11-14-27(26)39-5)40(37,38)23-9-7-6-8-10-23/h6-16,19,21H,17-18H2,1-5H3,(H,32,36)/t21-/m1/s1. The lowest BCUT2D eigenvalue weighted by atomic mass is 10.1. The molecule has 0 radical (unpaired) electrons. The molecule has 0 aliphatic rings. The number of aryl methyl sites for hydroxylation is 1. The summed E-state index contributed by atoms with van der Waals surface area (Å²) in [6, 6.07) is 16.7. The predicted molar refractivity (Wildman–Crippen MR) is 158 cm³/mol. The maximum Gasteiger partial charge on any atom is 0.264 e. The Kier molecular flexibility index (Phi) is 10.5. The molecular weight excluding hydrogens is 573 g/mol. The van der Waals surface area contributed by atoms with Gasteiger partial charge in [-0.2, -0.15) is 0 Å². The lowest BCUT2D eigenvalue weighted by Crippen LogP contribution is -2.52. The van der Waals surface area contributed by atoms with E-state index in [2.05, 4.69) is 5.32 Å². The van der Waals surface area contributed by atoms with E-state index < -0.39 is 28.5 Å². The van der Waals surface area contributed by atoms with E-state index in [1.54, 1.807) is 61.5 Å². The van der Waals surface area contributed by atoms with Crippen LogP contribution in [0.4, 0.5) is 5.69 Å². The van der Waals surface area contributed by atoms with E-state index in [-0.39, 0.29) is 34.8 Å². The van der Waals surface area contributed by atoms with Crippen LogP contribution >= 0.6 is 23.2 Å². The summed E-state index contributed by atoms with van der Waals surface area (Å²) in [5.41, 5.74) is 1.60. The highest BCUT2D eigenvalue weighted by molar-refractivity contribution is 7.92. The van der Waals surface area contributed by atoms with Crippen LogP contribution in [0.2, 0.25) is 10.0 Å². The molecule has 3 rings (SSSR count). The topological polar surface area (TPSA) is 96.0 Å². The van der Waals surface area contributed by atoms with Crippen molar-refractivity contribution in [1.29, 1.82) is 0 Å². The van der Waals surface area contributed by atoms with Crippen LogP contribution in [0.25, 0.3) is 0 Å². The van der Waals surface area contributed by atoms with Gasteiger partial charge >= 0.3 is 0 Å². The number of hydrogen-bond donors (Lipinski definition) is 1. The molecule has 0 saturated heterocycles. The Morgan fingerprint density at radius 1 is 0.950 bits per heavy atom. The second-order valence-corrected chi connectivity index (χ2v) is 12.3. The van der Waals surface area contributed by atoms with Crippen molar-refractivity contribution in [2.75, 3.05) is 18.0 Å². The molecule has 11 heteroatoms. The van der Waals surface area contributed by atoms with Gasteiger partial charge in [0.2, 0.25) is 11.8 Å². The van der Waals surface area contributed by atoms with Gasteiger partial charge in [-0.15, -0.1) is 0 Å². The smallest absolute Gasteiger partial charge is 0.264 e. The first-order valence-electron chi connectivity index (χ1n) is 12.6. The summed E-state index contributed by atoms with van der Waals surface area (Å²) in [5, 5.41) is 3.46. The fourth-order valence-electron chi connectivity index (χ4n) is 4.05. The van der Waals surface area contributed by atoms with Gasteiger partial charge < -0.3 is 15.0 Å². The minimum atomic E-state index is -4.22. The van der Waals surface area contributed by atoms with Gasteiger partial charge in [0.15, 0.2) is 0 Å². The third kappa shape index (κ3) is 7.47. The monoisotopic (exact) mass is 605 g/mol. The van der Waals surface area contributed by atoms with E-state index in [0.29, 0.717) is 15.6 Å². The van der Waals surface area contributed by atoms with Crippen molar-refractivity contribution in [3.63, 3.8) is 0 Å². The Morgan fingerprint density at radius 3 is 2.23 bits per heavy atom. The molecule has 0 spiro atoms. The van der Waals surface area contributed by atoms with E-state index in [0.717, 1.165) is 9.87 Å². The number of carbonyl (C=O) groups excluding carboxylic acids is 2. The molecule has 0 aliphatic heterocycles.